The monoisotopic (exact) mass is 258 g/mol. The number of benzene rings is 1. The van der Waals surface area contributed by atoms with Gasteiger partial charge in [-0.15, -0.1) is 0 Å². The molecule has 1 heterocycles. The first kappa shape index (κ1) is 13.1. The second-order valence-electron chi connectivity index (χ2n) is 6.61. The molecule has 1 N–H and O–H groups in total. The summed E-state index contributed by atoms with van der Waals surface area (Å²) < 4.78 is 0. The quantitative estimate of drug-likeness (QED) is 0.877. The molecule has 0 spiro atoms. The molecule has 1 saturated carbocycles. The Bertz CT molecular complexity index is 418. The maximum Gasteiger partial charge on any atom is 0.0282 e. The normalized spacial score (nSPS) is 35.3. The third-order valence-electron chi connectivity index (χ3n) is 5.08. The first-order valence-corrected chi connectivity index (χ1v) is 7.67. The van der Waals surface area contributed by atoms with Gasteiger partial charge in [-0.1, -0.05) is 38.1 Å². The van der Waals surface area contributed by atoms with E-state index in [9.17, 15) is 0 Å². The molecule has 104 valence electrons. The van der Waals surface area contributed by atoms with E-state index in [1.54, 1.807) is 0 Å². The highest BCUT2D eigenvalue weighted by atomic mass is 15.2. The van der Waals surface area contributed by atoms with E-state index in [0.29, 0.717) is 12.1 Å². The van der Waals surface area contributed by atoms with E-state index < -0.39 is 0 Å². The van der Waals surface area contributed by atoms with E-state index in [1.165, 1.54) is 24.0 Å². The average molecular weight is 258 g/mol. The van der Waals surface area contributed by atoms with Gasteiger partial charge >= 0.3 is 0 Å². The van der Waals surface area contributed by atoms with E-state index in [0.717, 1.165) is 24.9 Å². The number of rotatable bonds is 2. The molecule has 4 atom stereocenters. The molecule has 0 saturated heterocycles. The minimum Gasteiger partial charge on any atom is -0.315 e. The van der Waals surface area contributed by atoms with Gasteiger partial charge in [0.25, 0.3) is 0 Å². The molecule has 0 aromatic heterocycles. The summed E-state index contributed by atoms with van der Waals surface area (Å²) in [5.74, 6) is 1.64. The standard InChI is InChI=1S/C17H26N2/c1-12-8-13(2)17(16(9-12)18-3)19-10-14-6-4-5-7-15(14)11-19/h4-7,12-13,16-18H,8-11H2,1-3H3. The zero-order valence-corrected chi connectivity index (χ0v) is 12.4. The Balaban J connectivity index is 1.79. The van der Waals surface area contributed by atoms with Gasteiger partial charge in [0.1, 0.15) is 0 Å². The molecular formula is C17H26N2. The van der Waals surface area contributed by atoms with Crippen molar-refractivity contribution in [3.63, 3.8) is 0 Å². The second-order valence-corrected chi connectivity index (χ2v) is 6.61. The third kappa shape index (κ3) is 2.44. The Morgan fingerprint density at radius 2 is 1.68 bits per heavy atom. The SMILES string of the molecule is CNC1CC(C)CC(C)C1N1Cc2ccccc2C1. The summed E-state index contributed by atoms with van der Waals surface area (Å²) in [6, 6.07) is 10.3. The minimum absolute atomic E-state index is 0.646. The predicted molar refractivity (Wildman–Crippen MR) is 79.9 cm³/mol. The first-order valence-electron chi connectivity index (χ1n) is 7.67. The van der Waals surface area contributed by atoms with E-state index in [1.807, 2.05) is 0 Å². The molecule has 1 aromatic carbocycles. The first-order chi connectivity index (χ1) is 9.19. The lowest BCUT2D eigenvalue weighted by Crippen LogP contribution is -2.54. The summed E-state index contributed by atoms with van der Waals surface area (Å²) in [5.41, 5.74) is 3.06. The summed E-state index contributed by atoms with van der Waals surface area (Å²) in [4.78, 5) is 2.70. The Hall–Kier alpha value is -0.860. The van der Waals surface area contributed by atoms with Gasteiger partial charge in [0.15, 0.2) is 0 Å². The fourth-order valence-electron chi connectivity index (χ4n) is 4.31. The Kier molecular flexibility index (Phi) is 3.64. The van der Waals surface area contributed by atoms with E-state index >= 15 is 0 Å². The van der Waals surface area contributed by atoms with Crippen LogP contribution in [0.25, 0.3) is 0 Å². The van der Waals surface area contributed by atoms with Crippen LogP contribution in [0.1, 0.15) is 37.8 Å². The fourth-order valence-corrected chi connectivity index (χ4v) is 4.31. The topological polar surface area (TPSA) is 15.3 Å². The van der Waals surface area contributed by atoms with Gasteiger partial charge in [-0.3, -0.25) is 4.90 Å². The number of hydrogen-bond acceptors (Lipinski definition) is 2. The molecule has 1 aliphatic heterocycles. The van der Waals surface area contributed by atoms with Gasteiger partial charge in [-0.05, 0) is 42.9 Å². The average Bonchev–Trinajstić information content (AvgIpc) is 2.80. The molecule has 0 bridgehead atoms. The van der Waals surface area contributed by atoms with Crippen molar-refractivity contribution in [2.75, 3.05) is 7.05 Å². The largest absolute Gasteiger partial charge is 0.315 e. The van der Waals surface area contributed by atoms with Crippen LogP contribution in [0.2, 0.25) is 0 Å². The van der Waals surface area contributed by atoms with Crippen molar-refractivity contribution in [3.05, 3.63) is 35.4 Å². The highest BCUT2D eigenvalue weighted by Crippen LogP contribution is 2.36. The molecule has 2 aliphatic rings. The van der Waals surface area contributed by atoms with Crippen LogP contribution in [0.4, 0.5) is 0 Å². The lowest BCUT2D eigenvalue weighted by Gasteiger charge is -2.44. The van der Waals surface area contributed by atoms with Crippen molar-refractivity contribution in [1.29, 1.82) is 0 Å². The molecule has 2 nitrogen and oxygen atoms in total. The maximum atomic E-state index is 3.58. The zero-order valence-electron chi connectivity index (χ0n) is 12.4. The van der Waals surface area contributed by atoms with Gasteiger partial charge in [-0.25, -0.2) is 0 Å². The molecular weight excluding hydrogens is 232 g/mol. The second kappa shape index (κ2) is 5.26. The summed E-state index contributed by atoms with van der Waals surface area (Å²) in [7, 11) is 2.13. The van der Waals surface area contributed by atoms with Crippen molar-refractivity contribution in [2.24, 2.45) is 11.8 Å². The maximum absolute atomic E-state index is 3.58. The van der Waals surface area contributed by atoms with Gasteiger partial charge in [0.2, 0.25) is 0 Å². The molecule has 4 unspecified atom stereocenters. The summed E-state index contributed by atoms with van der Waals surface area (Å²) >= 11 is 0. The molecule has 1 aromatic rings. The van der Waals surface area contributed by atoms with Crippen molar-refractivity contribution in [3.8, 4) is 0 Å². The van der Waals surface area contributed by atoms with Crippen LogP contribution in [0.3, 0.4) is 0 Å². The highest BCUT2D eigenvalue weighted by Gasteiger charge is 2.38. The number of nitrogens with one attached hydrogen (secondary N) is 1. The van der Waals surface area contributed by atoms with Crippen LogP contribution < -0.4 is 5.32 Å². The number of nitrogens with zero attached hydrogens (tertiary/aromatic N) is 1. The van der Waals surface area contributed by atoms with Gasteiger partial charge < -0.3 is 5.32 Å². The lowest BCUT2D eigenvalue weighted by molar-refractivity contribution is 0.0618. The van der Waals surface area contributed by atoms with Crippen LogP contribution in [0, 0.1) is 11.8 Å². The van der Waals surface area contributed by atoms with E-state index in [2.05, 4.69) is 55.4 Å². The molecule has 1 fully saturated rings. The molecule has 1 aliphatic carbocycles. The van der Waals surface area contributed by atoms with Gasteiger partial charge in [0, 0.05) is 25.2 Å². The number of fused-ring (bicyclic) bond motifs is 1. The van der Waals surface area contributed by atoms with Gasteiger partial charge in [-0.2, -0.15) is 0 Å². The Labute approximate surface area is 117 Å². The van der Waals surface area contributed by atoms with Crippen molar-refractivity contribution in [2.45, 2.75) is 51.9 Å². The van der Waals surface area contributed by atoms with Crippen LogP contribution in [-0.4, -0.2) is 24.0 Å². The fraction of sp³-hybridized carbons (Fsp3) is 0.647. The molecule has 19 heavy (non-hydrogen) atoms. The Morgan fingerprint density at radius 3 is 2.26 bits per heavy atom. The number of likely N-dealkylation sites (N-methyl/N-ethyl adjacent to an activating group) is 1. The molecule has 2 heteroatoms. The van der Waals surface area contributed by atoms with Crippen LogP contribution in [0.15, 0.2) is 24.3 Å². The van der Waals surface area contributed by atoms with Crippen molar-refractivity contribution in [1.82, 2.24) is 10.2 Å². The predicted octanol–water partition coefficient (Wildman–Crippen LogP) is 3.02. The number of hydrogen-bond donors (Lipinski definition) is 1. The van der Waals surface area contributed by atoms with E-state index in [-0.39, 0.29) is 0 Å². The van der Waals surface area contributed by atoms with Crippen molar-refractivity contribution < 1.29 is 0 Å². The highest BCUT2D eigenvalue weighted by molar-refractivity contribution is 5.30. The van der Waals surface area contributed by atoms with Crippen LogP contribution in [0.5, 0.6) is 0 Å². The zero-order chi connectivity index (χ0) is 13.4. The van der Waals surface area contributed by atoms with Gasteiger partial charge in [0.05, 0.1) is 0 Å². The van der Waals surface area contributed by atoms with Crippen LogP contribution in [-0.2, 0) is 13.1 Å². The summed E-state index contributed by atoms with van der Waals surface area (Å²) in [6.45, 7) is 7.11. The van der Waals surface area contributed by atoms with Crippen LogP contribution >= 0.6 is 0 Å². The van der Waals surface area contributed by atoms with Crippen molar-refractivity contribution >= 4 is 0 Å². The minimum atomic E-state index is 0.646. The third-order valence-corrected chi connectivity index (χ3v) is 5.08. The smallest absolute Gasteiger partial charge is 0.0282 e. The molecule has 3 rings (SSSR count). The Morgan fingerprint density at radius 1 is 1.05 bits per heavy atom. The molecule has 0 radical (unpaired) electrons. The molecule has 0 amide bonds. The van der Waals surface area contributed by atoms with E-state index in [4.69, 9.17) is 0 Å². The summed E-state index contributed by atoms with van der Waals surface area (Å²) in [5, 5.41) is 3.58. The lowest BCUT2D eigenvalue weighted by atomic mass is 9.76. The summed E-state index contributed by atoms with van der Waals surface area (Å²) in [6.07, 6.45) is 2.69.